The SMILES string of the molecule is COc1ccc2c(Cc3cnc(N)nc3N)cc(C(F)(F)F)nc2c1. The third kappa shape index (κ3) is 3.39. The molecule has 0 saturated carbocycles. The third-order valence-corrected chi connectivity index (χ3v) is 3.69. The Labute approximate surface area is 140 Å². The second kappa shape index (κ2) is 6.08. The maximum absolute atomic E-state index is 13.2. The minimum atomic E-state index is -4.57. The fourth-order valence-electron chi connectivity index (χ4n) is 2.47. The Morgan fingerprint density at radius 3 is 2.48 bits per heavy atom. The van der Waals surface area contributed by atoms with Gasteiger partial charge in [-0.15, -0.1) is 0 Å². The first-order valence-electron chi connectivity index (χ1n) is 7.19. The molecule has 0 aliphatic carbocycles. The molecule has 130 valence electrons. The van der Waals surface area contributed by atoms with E-state index in [0.29, 0.717) is 22.3 Å². The van der Waals surface area contributed by atoms with Gasteiger partial charge in [-0.1, -0.05) is 0 Å². The van der Waals surface area contributed by atoms with E-state index in [9.17, 15) is 13.2 Å². The van der Waals surface area contributed by atoms with Gasteiger partial charge in [-0.25, -0.2) is 9.97 Å². The van der Waals surface area contributed by atoms with Gasteiger partial charge in [0.25, 0.3) is 0 Å². The number of nitrogens with zero attached hydrogens (tertiary/aromatic N) is 3. The normalized spacial score (nSPS) is 11.7. The molecule has 3 rings (SSSR count). The van der Waals surface area contributed by atoms with Crippen molar-refractivity contribution in [2.75, 3.05) is 18.6 Å². The lowest BCUT2D eigenvalue weighted by atomic mass is 10.0. The molecular weight excluding hydrogens is 335 g/mol. The first-order valence-corrected chi connectivity index (χ1v) is 7.19. The first kappa shape index (κ1) is 16.7. The number of aromatic nitrogens is 3. The van der Waals surface area contributed by atoms with Crippen LogP contribution in [0.1, 0.15) is 16.8 Å². The van der Waals surface area contributed by atoms with Crippen molar-refractivity contribution in [2.45, 2.75) is 12.6 Å². The molecule has 6 nitrogen and oxygen atoms in total. The molecule has 0 aliphatic rings. The number of rotatable bonds is 3. The molecule has 0 saturated heterocycles. The predicted molar refractivity (Wildman–Crippen MR) is 87.0 cm³/mol. The average molecular weight is 349 g/mol. The molecule has 2 aromatic heterocycles. The van der Waals surface area contributed by atoms with Crippen molar-refractivity contribution in [1.29, 1.82) is 0 Å². The molecule has 0 radical (unpaired) electrons. The van der Waals surface area contributed by atoms with Gasteiger partial charge in [-0.3, -0.25) is 0 Å². The van der Waals surface area contributed by atoms with E-state index in [1.54, 1.807) is 12.1 Å². The summed E-state index contributed by atoms with van der Waals surface area (Å²) in [5.41, 5.74) is 11.3. The molecule has 0 atom stereocenters. The molecule has 0 aliphatic heterocycles. The van der Waals surface area contributed by atoms with Crippen molar-refractivity contribution < 1.29 is 17.9 Å². The molecule has 3 aromatic rings. The molecule has 2 heterocycles. The lowest BCUT2D eigenvalue weighted by Gasteiger charge is -2.13. The van der Waals surface area contributed by atoms with Crippen LogP contribution < -0.4 is 16.2 Å². The number of fused-ring (bicyclic) bond motifs is 1. The van der Waals surface area contributed by atoms with Crippen LogP contribution in [-0.2, 0) is 12.6 Å². The second-order valence-electron chi connectivity index (χ2n) is 5.36. The second-order valence-corrected chi connectivity index (χ2v) is 5.36. The smallest absolute Gasteiger partial charge is 0.433 e. The van der Waals surface area contributed by atoms with Gasteiger partial charge in [0.15, 0.2) is 0 Å². The number of hydrogen-bond acceptors (Lipinski definition) is 6. The Hall–Kier alpha value is -3.10. The van der Waals surface area contributed by atoms with Crippen LogP contribution in [0, 0.1) is 0 Å². The van der Waals surface area contributed by atoms with Crippen LogP contribution in [0.25, 0.3) is 10.9 Å². The fourth-order valence-corrected chi connectivity index (χ4v) is 2.47. The zero-order chi connectivity index (χ0) is 18.2. The van der Waals surface area contributed by atoms with Crippen LogP contribution in [0.5, 0.6) is 5.75 Å². The van der Waals surface area contributed by atoms with Gasteiger partial charge < -0.3 is 16.2 Å². The maximum Gasteiger partial charge on any atom is 0.433 e. The number of benzene rings is 1. The highest BCUT2D eigenvalue weighted by atomic mass is 19.4. The van der Waals surface area contributed by atoms with E-state index in [-0.39, 0.29) is 23.7 Å². The van der Waals surface area contributed by atoms with Crippen LogP contribution in [0.15, 0.2) is 30.5 Å². The van der Waals surface area contributed by atoms with Crippen molar-refractivity contribution in [2.24, 2.45) is 0 Å². The van der Waals surface area contributed by atoms with E-state index in [0.717, 1.165) is 6.07 Å². The highest BCUT2D eigenvalue weighted by Crippen LogP contribution is 2.33. The molecule has 9 heteroatoms. The van der Waals surface area contributed by atoms with E-state index in [2.05, 4.69) is 15.0 Å². The van der Waals surface area contributed by atoms with Crippen molar-refractivity contribution in [1.82, 2.24) is 15.0 Å². The third-order valence-electron chi connectivity index (χ3n) is 3.69. The van der Waals surface area contributed by atoms with Crippen LogP contribution in [-0.4, -0.2) is 22.1 Å². The average Bonchev–Trinajstić information content (AvgIpc) is 2.55. The number of halogens is 3. The van der Waals surface area contributed by atoms with E-state index in [4.69, 9.17) is 16.2 Å². The molecule has 0 amide bonds. The van der Waals surface area contributed by atoms with E-state index in [1.807, 2.05) is 0 Å². The summed E-state index contributed by atoms with van der Waals surface area (Å²) in [7, 11) is 1.43. The van der Waals surface area contributed by atoms with Crippen molar-refractivity contribution in [3.63, 3.8) is 0 Å². The molecule has 25 heavy (non-hydrogen) atoms. The number of methoxy groups -OCH3 is 1. The van der Waals surface area contributed by atoms with Crippen LogP contribution in [0.2, 0.25) is 0 Å². The minimum absolute atomic E-state index is 0.00144. The molecule has 4 N–H and O–H groups in total. The summed E-state index contributed by atoms with van der Waals surface area (Å²) in [5, 5.41) is 0.560. The number of nitrogen functional groups attached to an aromatic ring is 2. The summed E-state index contributed by atoms with van der Waals surface area (Å²) in [6.07, 6.45) is -3.06. The maximum atomic E-state index is 13.2. The lowest BCUT2D eigenvalue weighted by Crippen LogP contribution is -2.10. The molecule has 1 aromatic carbocycles. The molecule has 0 spiro atoms. The van der Waals surface area contributed by atoms with Gasteiger partial charge in [0, 0.05) is 29.6 Å². The minimum Gasteiger partial charge on any atom is -0.497 e. The number of alkyl halides is 3. The van der Waals surface area contributed by atoms with Gasteiger partial charge in [-0.05, 0) is 23.8 Å². The van der Waals surface area contributed by atoms with E-state index < -0.39 is 11.9 Å². The number of anilines is 2. The molecule has 0 bridgehead atoms. The summed E-state index contributed by atoms with van der Waals surface area (Å²) in [4.78, 5) is 11.4. The van der Waals surface area contributed by atoms with Gasteiger partial charge in [0.05, 0.1) is 12.6 Å². The summed E-state index contributed by atoms with van der Waals surface area (Å²) in [6, 6.07) is 5.77. The summed E-state index contributed by atoms with van der Waals surface area (Å²) in [6.45, 7) is 0. The number of nitrogens with two attached hydrogens (primary N) is 2. The van der Waals surface area contributed by atoms with Crippen molar-refractivity contribution in [3.05, 3.63) is 47.3 Å². The molecule has 0 fully saturated rings. The highest BCUT2D eigenvalue weighted by Gasteiger charge is 2.33. The van der Waals surface area contributed by atoms with E-state index in [1.165, 1.54) is 19.4 Å². The quantitative estimate of drug-likeness (QED) is 0.754. The number of ether oxygens (including phenoxy) is 1. The lowest BCUT2D eigenvalue weighted by molar-refractivity contribution is -0.141. The number of hydrogen-bond donors (Lipinski definition) is 2. The van der Waals surface area contributed by atoms with Crippen molar-refractivity contribution in [3.8, 4) is 5.75 Å². The Balaban J connectivity index is 2.17. The van der Waals surface area contributed by atoms with Gasteiger partial charge >= 0.3 is 6.18 Å². The highest BCUT2D eigenvalue weighted by molar-refractivity contribution is 5.84. The number of pyridine rings is 1. The Kier molecular flexibility index (Phi) is 4.07. The van der Waals surface area contributed by atoms with E-state index >= 15 is 0 Å². The molecule has 0 unspecified atom stereocenters. The predicted octanol–water partition coefficient (Wildman–Crippen LogP) is 2.81. The standard InChI is InChI=1S/C16H14F3N5O/c1-25-10-2-3-11-8(4-9-7-22-15(21)24-14(9)20)5-13(16(17,18)19)23-12(11)6-10/h2-3,5-7H,4H2,1H3,(H4,20,21,22,24). The summed E-state index contributed by atoms with van der Waals surface area (Å²) in [5.74, 6) is 0.543. The Morgan fingerprint density at radius 1 is 1.08 bits per heavy atom. The Morgan fingerprint density at radius 2 is 1.84 bits per heavy atom. The Bertz CT molecular complexity index is 943. The zero-order valence-corrected chi connectivity index (χ0v) is 13.1. The largest absolute Gasteiger partial charge is 0.497 e. The summed E-state index contributed by atoms with van der Waals surface area (Å²) < 4.78 is 44.6. The van der Waals surface area contributed by atoms with Crippen LogP contribution in [0.3, 0.4) is 0 Å². The zero-order valence-electron chi connectivity index (χ0n) is 13.1. The molecular formula is C16H14F3N5O. The topological polar surface area (TPSA) is 99.9 Å². The van der Waals surface area contributed by atoms with Gasteiger partial charge in [-0.2, -0.15) is 18.2 Å². The monoisotopic (exact) mass is 349 g/mol. The van der Waals surface area contributed by atoms with Crippen molar-refractivity contribution >= 4 is 22.7 Å². The van der Waals surface area contributed by atoms with Gasteiger partial charge in [0.2, 0.25) is 5.95 Å². The fraction of sp³-hybridized carbons (Fsp3) is 0.188. The van der Waals surface area contributed by atoms with Crippen LogP contribution >= 0.6 is 0 Å². The van der Waals surface area contributed by atoms with Crippen LogP contribution in [0.4, 0.5) is 24.9 Å². The summed E-state index contributed by atoms with van der Waals surface area (Å²) >= 11 is 0. The van der Waals surface area contributed by atoms with Gasteiger partial charge in [0.1, 0.15) is 17.3 Å². The first-order chi connectivity index (χ1) is 11.8.